The van der Waals surface area contributed by atoms with Crippen molar-refractivity contribution in [1.29, 1.82) is 0 Å². The molecule has 0 spiro atoms. The minimum absolute atomic E-state index is 0.0108. The van der Waals surface area contributed by atoms with Gasteiger partial charge in [-0.1, -0.05) is 17.7 Å². The van der Waals surface area contributed by atoms with E-state index in [-0.39, 0.29) is 10.9 Å². The molecule has 9 heteroatoms. The highest BCUT2D eigenvalue weighted by Crippen LogP contribution is 2.25. The van der Waals surface area contributed by atoms with Gasteiger partial charge in [-0.25, -0.2) is 9.78 Å². The molecule has 1 aromatic carbocycles. The number of fused-ring (bicyclic) bond motifs is 1. The van der Waals surface area contributed by atoms with Gasteiger partial charge in [0.1, 0.15) is 16.7 Å². The number of hydrogen-bond acceptors (Lipinski definition) is 5. The zero-order chi connectivity index (χ0) is 19.9. The van der Waals surface area contributed by atoms with E-state index >= 15 is 0 Å². The molecule has 27 heavy (non-hydrogen) atoms. The number of thiophene rings is 1. The SMILES string of the molecule is Cc1c(Cl)cccc1NC(=O)C(C)n1c(C)nc2scc(C(=O)O)c2c1=O. The first kappa shape index (κ1) is 19.1. The molecular weight excluding hydrogens is 390 g/mol. The number of nitrogens with zero attached hydrogens (tertiary/aromatic N) is 2. The number of aromatic carboxylic acids is 1. The lowest BCUT2D eigenvalue weighted by atomic mass is 10.2. The molecule has 0 aliphatic carbocycles. The van der Waals surface area contributed by atoms with Crippen LogP contribution < -0.4 is 10.9 Å². The average Bonchev–Trinajstić information content (AvgIpc) is 3.03. The van der Waals surface area contributed by atoms with Crippen LogP contribution in [0.3, 0.4) is 0 Å². The first-order valence-electron chi connectivity index (χ1n) is 8.02. The first-order valence-corrected chi connectivity index (χ1v) is 9.27. The van der Waals surface area contributed by atoms with E-state index in [0.29, 0.717) is 26.9 Å². The summed E-state index contributed by atoms with van der Waals surface area (Å²) in [6.45, 7) is 4.94. The number of carbonyl (C=O) groups is 2. The topological polar surface area (TPSA) is 101 Å². The Kier molecular flexibility index (Phi) is 5.03. The fourth-order valence-electron chi connectivity index (χ4n) is 2.82. The molecule has 0 saturated carbocycles. The number of benzene rings is 1. The Morgan fingerprint density at radius 2 is 2.04 bits per heavy atom. The molecule has 0 aliphatic rings. The van der Waals surface area contributed by atoms with Gasteiger partial charge in [0.2, 0.25) is 5.91 Å². The summed E-state index contributed by atoms with van der Waals surface area (Å²) in [6.07, 6.45) is 0. The zero-order valence-corrected chi connectivity index (χ0v) is 16.3. The molecule has 0 aliphatic heterocycles. The van der Waals surface area contributed by atoms with Crippen LogP contribution in [0.25, 0.3) is 10.2 Å². The predicted molar refractivity (Wildman–Crippen MR) is 105 cm³/mol. The van der Waals surface area contributed by atoms with Crippen molar-refractivity contribution in [2.24, 2.45) is 0 Å². The largest absolute Gasteiger partial charge is 0.478 e. The number of aryl methyl sites for hydroxylation is 1. The fraction of sp³-hybridized carbons (Fsp3) is 0.222. The number of aromatic nitrogens is 2. The molecule has 3 rings (SSSR count). The number of carboxylic acid groups (broad SMARTS) is 1. The second kappa shape index (κ2) is 7.13. The lowest BCUT2D eigenvalue weighted by Crippen LogP contribution is -2.34. The number of anilines is 1. The van der Waals surface area contributed by atoms with E-state index in [4.69, 9.17) is 11.6 Å². The molecular formula is C18H16ClN3O4S. The van der Waals surface area contributed by atoms with Gasteiger partial charge < -0.3 is 10.4 Å². The average molecular weight is 406 g/mol. The lowest BCUT2D eigenvalue weighted by Gasteiger charge is -2.18. The normalized spacial score (nSPS) is 12.1. The summed E-state index contributed by atoms with van der Waals surface area (Å²) in [5.74, 6) is -1.31. The molecule has 0 saturated heterocycles. The number of carboxylic acids is 1. The van der Waals surface area contributed by atoms with Crippen LogP contribution in [-0.4, -0.2) is 26.5 Å². The third kappa shape index (κ3) is 3.33. The molecule has 1 amide bonds. The summed E-state index contributed by atoms with van der Waals surface area (Å²) in [5, 5.41) is 14.0. The summed E-state index contributed by atoms with van der Waals surface area (Å²) in [7, 11) is 0. The van der Waals surface area contributed by atoms with Gasteiger partial charge in [-0.2, -0.15) is 0 Å². The van der Waals surface area contributed by atoms with E-state index in [2.05, 4.69) is 10.3 Å². The van der Waals surface area contributed by atoms with Crippen LogP contribution in [0.15, 0.2) is 28.4 Å². The maximum absolute atomic E-state index is 12.9. The van der Waals surface area contributed by atoms with Gasteiger partial charge in [0.25, 0.3) is 5.56 Å². The smallest absolute Gasteiger partial charge is 0.337 e. The van der Waals surface area contributed by atoms with Gasteiger partial charge in [-0.05, 0) is 38.5 Å². The van der Waals surface area contributed by atoms with Crippen molar-refractivity contribution in [3.05, 3.63) is 55.9 Å². The molecule has 0 fully saturated rings. The Hall–Kier alpha value is -2.71. The van der Waals surface area contributed by atoms with Crippen molar-refractivity contribution in [2.45, 2.75) is 26.8 Å². The molecule has 2 heterocycles. The highest BCUT2D eigenvalue weighted by Gasteiger charge is 2.24. The standard InChI is InChI=1S/C18H16ClN3O4S/c1-8-12(19)5-4-6-13(8)21-15(23)9(2)22-10(3)20-16-14(17(22)24)11(7-27-16)18(25)26/h4-7,9H,1-3H3,(H,21,23)(H,25,26). The van der Waals surface area contributed by atoms with Crippen molar-refractivity contribution in [3.63, 3.8) is 0 Å². The second-order valence-electron chi connectivity index (χ2n) is 6.05. The Balaban J connectivity index is 2.04. The Morgan fingerprint density at radius 1 is 1.33 bits per heavy atom. The highest BCUT2D eigenvalue weighted by atomic mass is 35.5. The predicted octanol–water partition coefficient (Wildman–Crippen LogP) is 3.63. The maximum atomic E-state index is 12.9. The maximum Gasteiger partial charge on any atom is 0.337 e. The number of hydrogen-bond donors (Lipinski definition) is 2. The van der Waals surface area contributed by atoms with E-state index in [0.717, 1.165) is 11.3 Å². The molecule has 2 aromatic heterocycles. The van der Waals surface area contributed by atoms with Crippen LogP contribution >= 0.6 is 22.9 Å². The molecule has 1 unspecified atom stereocenters. The summed E-state index contributed by atoms with van der Waals surface area (Å²) >= 11 is 7.16. The van der Waals surface area contributed by atoms with Gasteiger partial charge >= 0.3 is 5.97 Å². The minimum atomic E-state index is -1.21. The molecule has 3 aromatic rings. The third-order valence-electron chi connectivity index (χ3n) is 4.34. The number of carbonyl (C=O) groups excluding carboxylic acids is 1. The molecule has 140 valence electrons. The van der Waals surface area contributed by atoms with Crippen molar-refractivity contribution in [3.8, 4) is 0 Å². The minimum Gasteiger partial charge on any atom is -0.478 e. The van der Waals surface area contributed by atoms with Crippen LogP contribution in [0.1, 0.15) is 34.7 Å². The third-order valence-corrected chi connectivity index (χ3v) is 5.62. The fourth-order valence-corrected chi connectivity index (χ4v) is 3.94. The summed E-state index contributed by atoms with van der Waals surface area (Å²) in [6, 6.07) is 4.25. The lowest BCUT2D eigenvalue weighted by molar-refractivity contribution is -0.118. The van der Waals surface area contributed by atoms with Crippen molar-refractivity contribution >= 4 is 50.7 Å². The molecule has 7 nitrogen and oxygen atoms in total. The van der Waals surface area contributed by atoms with E-state index in [1.165, 1.54) is 9.95 Å². The monoisotopic (exact) mass is 405 g/mol. The quantitative estimate of drug-likeness (QED) is 0.690. The van der Waals surface area contributed by atoms with Gasteiger partial charge in [0.15, 0.2) is 0 Å². The molecule has 0 radical (unpaired) electrons. The Morgan fingerprint density at radius 3 is 2.70 bits per heavy atom. The molecule has 0 bridgehead atoms. The number of halogens is 1. The van der Waals surface area contributed by atoms with Crippen LogP contribution in [0.4, 0.5) is 5.69 Å². The summed E-state index contributed by atoms with van der Waals surface area (Å²) in [4.78, 5) is 41.7. The molecule has 1 atom stereocenters. The van der Waals surface area contributed by atoms with Gasteiger partial charge in [0.05, 0.1) is 10.9 Å². The summed E-state index contributed by atoms with van der Waals surface area (Å²) in [5.41, 5.74) is 0.588. The van der Waals surface area contributed by atoms with E-state index in [1.807, 2.05) is 0 Å². The van der Waals surface area contributed by atoms with E-state index < -0.39 is 23.5 Å². The highest BCUT2D eigenvalue weighted by molar-refractivity contribution is 7.17. The van der Waals surface area contributed by atoms with Crippen LogP contribution in [0.5, 0.6) is 0 Å². The van der Waals surface area contributed by atoms with Gasteiger partial charge in [-0.15, -0.1) is 11.3 Å². The summed E-state index contributed by atoms with van der Waals surface area (Å²) < 4.78 is 1.21. The Labute approximate surface area is 163 Å². The molecule has 2 N–H and O–H groups in total. The van der Waals surface area contributed by atoms with E-state index in [9.17, 15) is 19.5 Å². The van der Waals surface area contributed by atoms with E-state index in [1.54, 1.807) is 39.0 Å². The number of amides is 1. The van der Waals surface area contributed by atoms with Crippen LogP contribution in [-0.2, 0) is 4.79 Å². The van der Waals surface area contributed by atoms with Crippen molar-refractivity contribution in [1.82, 2.24) is 9.55 Å². The van der Waals surface area contributed by atoms with Crippen molar-refractivity contribution in [2.75, 3.05) is 5.32 Å². The van der Waals surface area contributed by atoms with Gasteiger partial charge in [-0.3, -0.25) is 14.2 Å². The van der Waals surface area contributed by atoms with Crippen molar-refractivity contribution < 1.29 is 14.7 Å². The van der Waals surface area contributed by atoms with Crippen LogP contribution in [0, 0.1) is 13.8 Å². The zero-order valence-electron chi connectivity index (χ0n) is 14.7. The van der Waals surface area contributed by atoms with Crippen LogP contribution in [0.2, 0.25) is 5.02 Å². The number of rotatable bonds is 4. The van der Waals surface area contributed by atoms with Gasteiger partial charge in [0, 0.05) is 16.1 Å². The number of nitrogens with one attached hydrogen (secondary N) is 1. The Bertz CT molecular complexity index is 1140. The first-order chi connectivity index (χ1) is 12.7. The second-order valence-corrected chi connectivity index (χ2v) is 7.31.